The van der Waals surface area contributed by atoms with Crippen molar-refractivity contribution in [1.82, 2.24) is 0 Å². The summed E-state index contributed by atoms with van der Waals surface area (Å²) in [4.78, 5) is 2.36. The van der Waals surface area contributed by atoms with Crippen molar-refractivity contribution in [1.29, 1.82) is 0 Å². The van der Waals surface area contributed by atoms with Crippen LogP contribution in [0.5, 0.6) is 5.75 Å². The zero-order chi connectivity index (χ0) is 36.3. The molecule has 0 unspecified atom stereocenters. The summed E-state index contributed by atoms with van der Waals surface area (Å²) in [5.41, 5.74) is 12.4. The van der Waals surface area contributed by atoms with Crippen molar-refractivity contribution in [3.63, 3.8) is 0 Å². The number of anilines is 3. The molecule has 2 nitrogen and oxygen atoms in total. The van der Waals surface area contributed by atoms with Crippen LogP contribution in [0.1, 0.15) is 25.0 Å². The fourth-order valence-corrected chi connectivity index (χ4v) is 8.22. The molecule has 1 N–H and O–H groups in total. The maximum absolute atomic E-state index is 10.4. The standard InChI is InChI=1S/C51H39NO/c1-5-12-42-33(2)51(3,4)50-31-40(24-27-47(42)50)52(38-22-19-35(20-23-38)34-13-7-6-8-14-34)39-16-11-15-36(29-39)37-21-26-45-46-28-25-41(53)32-49(46)44-18-10-9-17-43(44)48(45)30-37/h5-32,53H,1-2H2,3-4H3/b42-12+. The lowest BCUT2D eigenvalue weighted by molar-refractivity contribution is 0.476. The van der Waals surface area contributed by atoms with Gasteiger partial charge >= 0.3 is 0 Å². The van der Waals surface area contributed by atoms with Crippen LogP contribution in [0.25, 0.3) is 60.1 Å². The lowest BCUT2D eigenvalue weighted by Gasteiger charge is -2.28. The maximum atomic E-state index is 10.4. The highest BCUT2D eigenvalue weighted by atomic mass is 16.3. The van der Waals surface area contributed by atoms with Gasteiger partial charge in [0.1, 0.15) is 5.75 Å². The molecule has 2 heteroatoms. The van der Waals surface area contributed by atoms with Crippen LogP contribution in [0, 0.1) is 0 Å². The molecule has 1 aliphatic rings. The highest BCUT2D eigenvalue weighted by Gasteiger charge is 2.37. The van der Waals surface area contributed by atoms with Gasteiger partial charge < -0.3 is 10.0 Å². The molecule has 0 saturated carbocycles. The van der Waals surface area contributed by atoms with Gasteiger partial charge in [-0.2, -0.15) is 0 Å². The second kappa shape index (κ2) is 12.5. The fourth-order valence-electron chi connectivity index (χ4n) is 8.22. The number of nitrogens with zero attached hydrogens (tertiary/aromatic N) is 1. The van der Waals surface area contributed by atoms with Crippen molar-refractivity contribution >= 4 is 55.0 Å². The van der Waals surface area contributed by atoms with E-state index in [-0.39, 0.29) is 11.2 Å². The van der Waals surface area contributed by atoms with Crippen LogP contribution in [0.15, 0.2) is 189 Å². The molecule has 1 aliphatic carbocycles. The van der Waals surface area contributed by atoms with E-state index in [1.54, 1.807) is 6.07 Å². The molecule has 254 valence electrons. The Morgan fingerprint density at radius 3 is 1.81 bits per heavy atom. The third kappa shape index (κ3) is 5.34. The number of allylic oxidation sites excluding steroid dienone is 4. The molecule has 53 heavy (non-hydrogen) atoms. The zero-order valence-electron chi connectivity index (χ0n) is 30.0. The topological polar surface area (TPSA) is 23.5 Å². The second-order valence-corrected chi connectivity index (χ2v) is 14.5. The Labute approximate surface area is 310 Å². The van der Waals surface area contributed by atoms with Crippen molar-refractivity contribution in [2.45, 2.75) is 19.3 Å². The number of hydrogen-bond acceptors (Lipinski definition) is 2. The molecule has 0 saturated heterocycles. The van der Waals surface area contributed by atoms with Gasteiger partial charge in [-0.1, -0.05) is 142 Å². The van der Waals surface area contributed by atoms with Gasteiger partial charge in [0.25, 0.3) is 0 Å². The average molecular weight is 682 g/mol. The first-order chi connectivity index (χ1) is 25.8. The lowest BCUT2D eigenvalue weighted by atomic mass is 9.83. The Morgan fingerprint density at radius 2 is 1.08 bits per heavy atom. The number of phenols is 1. The summed E-state index contributed by atoms with van der Waals surface area (Å²) in [6, 6.07) is 56.0. The Hall–Kier alpha value is -6.64. The van der Waals surface area contributed by atoms with Gasteiger partial charge in [0, 0.05) is 22.5 Å². The maximum Gasteiger partial charge on any atom is 0.116 e. The molecule has 0 radical (unpaired) electrons. The van der Waals surface area contributed by atoms with Crippen LogP contribution in [-0.4, -0.2) is 5.11 Å². The van der Waals surface area contributed by atoms with Crippen molar-refractivity contribution in [3.8, 4) is 28.0 Å². The number of benzene rings is 8. The molecule has 0 amide bonds. The number of aromatic hydroxyl groups is 1. The molecule has 0 spiro atoms. The molecule has 0 aliphatic heterocycles. The Kier molecular flexibility index (Phi) is 7.64. The van der Waals surface area contributed by atoms with Crippen molar-refractivity contribution < 1.29 is 5.11 Å². The average Bonchev–Trinajstić information content (AvgIpc) is 3.38. The summed E-state index contributed by atoms with van der Waals surface area (Å²) in [5.74, 6) is 0.278. The predicted molar refractivity (Wildman–Crippen MR) is 227 cm³/mol. The third-order valence-electron chi connectivity index (χ3n) is 11.1. The van der Waals surface area contributed by atoms with E-state index < -0.39 is 0 Å². The molecule has 8 aromatic carbocycles. The summed E-state index contributed by atoms with van der Waals surface area (Å²) in [7, 11) is 0. The van der Waals surface area contributed by atoms with E-state index in [2.05, 4.69) is 178 Å². The first kappa shape index (κ1) is 32.3. The smallest absolute Gasteiger partial charge is 0.116 e. The monoisotopic (exact) mass is 681 g/mol. The normalized spacial score (nSPS) is 14.2. The largest absolute Gasteiger partial charge is 0.508 e. The SMILES string of the molecule is C=C/C=C1\C(=C)C(C)(C)c2cc(N(c3ccc(-c4ccccc4)cc3)c3cccc(-c4ccc5c6ccc(O)cc6c6ccccc6c5c4)c3)ccc21. The molecule has 0 aromatic heterocycles. The van der Waals surface area contributed by atoms with Crippen LogP contribution >= 0.6 is 0 Å². The lowest BCUT2D eigenvalue weighted by Crippen LogP contribution is -2.16. The van der Waals surface area contributed by atoms with Crippen LogP contribution in [0.3, 0.4) is 0 Å². The minimum atomic E-state index is -0.221. The van der Waals surface area contributed by atoms with Gasteiger partial charge in [-0.3, -0.25) is 0 Å². The van der Waals surface area contributed by atoms with E-state index >= 15 is 0 Å². The van der Waals surface area contributed by atoms with Crippen LogP contribution < -0.4 is 4.90 Å². The van der Waals surface area contributed by atoms with E-state index in [4.69, 9.17) is 0 Å². The third-order valence-corrected chi connectivity index (χ3v) is 11.1. The van der Waals surface area contributed by atoms with E-state index in [9.17, 15) is 5.11 Å². The predicted octanol–water partition coefficient (Wildman–Crippen LogP) is 14.1. The van der Waals surface area contributed by atoms with E-state index in [0.29, 0.717) is 0 Å². The number of hydrogen-bond donors (Lipinski definition) is 1. The van der Waals surface area contributed by atoms with E-state index in [1.165, 1.54) is 38.4 Å². The van der Waals surface area contributed by atoms with Crippen molar-refractivity contribution in [2.24, 2.45) is 0 Å². The highest BCUT2D eigenvalue weighted by molar-refractivity contribution is 6.26. The first-order valence-electron chi connectivity index (χ1n) is 18.1. The molecule has 8 aromatic rings. The summed E-state index contributed by atoms with van der Waals surface area (Å²) in [6.45, 7) is 13.0. The van der Waals surface area contributed by atoms with Gasteiger partial charge in [0.2, 0.25) is 0 Å². The molecular weight excluding hydrogens is 643 g/mol. The molecule has 0 atom stereocenters. The summed E-state index contributed by atoms with van der Waals surface area (Å²) >= 11 is 0. The van der Waals surface area contributed by atoms with Gasteiger partial charge in [-0.15, -0.1) is 0 Å². The van der Waals surface area contributed by atoms with Crippen molar-refractivity contribution in [3.05, 3.63) is 200 Å². The van der Waals surface area contributed by atoms with E-state index in [0.717, 1.165) is 55.5 Å². The van der Waals surface area contributed by atoms with Gasteiger partial charge in [-0.05, 0) is 131 Å². The molecule has 0 fully saturated rings. The van der Waals surface area contributed by atoms with E-state index in [1.807, 2.05) is 18.2 Å². The highest BCUT2D eigenvalue weighted by Crippen LogP contribution is 2.51. The Morgan fingerprint density at radius 1 is 0.509 bits per heavy atom. The number of rotatable bonds is 6. The van der Waals surface area contributed by atoms with Gasteiger partial charge in [-0.25, -0.2) is 0 Å². The van der Waals surface area contributed by atoms with Gasteiger partial charge in [0.05, 0.1) is 0 Å². The molecule has 9 rings (SSSR count). The van der Waals surface area contributed by atoms with Crippen LogP contribution in [0.4, 0.5) is 17.1 Å². The summed E-state index contributed by atoms with van der Waals surface area (Å²) < 4.78 is 0. The minimum Gasteiger partial charge on any atom is -0.508 e. The molecular formula is C51H39NO. The second-order valence-electron chi connectivity index (χ2n) is 14.5. The van der Waals surface area contributed by atoms with Crippen LogP contribution in [0.2, 0.25) is 0 Å². The fraction of sp³-hybridized carbons (Fsp3) is 0.0588. The summed E-state index contributed by atoms with van der Waals surface area (Å²) in [5, 5.41) is 17.2. The van der Waals surface area contributed by atoms with Gasteiger partial charge in [0.15, 0.2) is 0 Å². The molecule has 0 heterocycles. The van der Waals surface area contributed by atoms with Crippen molar-refractivity contribution in [2.75, 3.05) is 4.90 Å². The number of phenolic OH excluding ortho intramolecular Hbond substituents is 1. The first-order valence-corrected chi connectivity index (χ1v) is 18.1. The zero-order valence-corrected chi connectivity index (χ0v) is 30.0. The molecule has 0 bridgehead atoms. The minimum absolute atomic E-state index is 0.221. The summed E-state index contributed by atoms with van der Waals surface area (Å²) in [6.07, 6.45) is 3.94. The van der Waals surface area contributed by atoms with Crippen LogP contribution in [-0.2, 0) is 5.41 Å². The quantitative estimate of drug-likeness (QED) is 0.177. The Balaban J connectivity index is 1.21. The Bertz CT molecular complexity index is 2770. The number of fused-ring (bicyclic) bond motifs is 7.